The fourth-order valence-electron chi connectivity index (χ4n) is 1.75. The molecule has 1 fully saturated rings. The van der Waals surface area contributed by atoms with Crippen molar-refractivity contribution in [2.24, 2.45) is 0 Å². The topological polar surface area (TPSA) is 27.7 Å². The molecule has 3 atom stereocenters. The van der Waals surface area contributed by atoms with Gasteiger partial charge >= 0.3 is 0 Å². The summed E-state index contributed by atoms with van der Waals surface area (Å²) in [6.07, 6.45) is 1.38. The Morgan fingerprint density at radius 2 is 2.29 bits per heavy atom. The van der Waals surface area contributed by atoms with Crippen molar-refractivity contribution in [3.8, 4) is 0 Å². The van der Waals surface area contributed by atoms with E-state index in [0.29, 0.717) is 24.6 Å². The smallest absolute Gasteiger partial charge is 0.0963 e. The third-order valence-electron chi connectivity index (χ3n) is 2.80. The van der Waals surface area contributed by atoms with E-state index in [0.717, 1.165) is 6.42 Å². The van der Waals surface area contributed by atoms with Gasteiger partial charge in [-0.15, -0.1) is 11.3 Å². The molecule has 0 N–H and O–H groups in total. The second-order valence-electron chi connectivity index (χ2n) is 4.01. The fourth-order valence-corrected chi connectivity index (χ4v) is 3.24. The Bertz CT molecular complexity index is 318. The lowest BCUT2D eigenvalue weighted by atomic mass is 9.91. The molecule has 1 aliphatic rings. The molecular formula is C12H17BrO3S. The minimum Gasteiger partial charge on any atom is -0.382 e. The molecule has 2 rings (SSSR count). The maximum absolute atomic E-state index is 5.85. The molecule has 1 aromatic heterocycles. The van der Waals surface area contributed by atoms with Crippen LogP contribution in [0.4, 0.5) is 0 Å². The predicted molar refractivity (Wildman–Crippen MR) is 71.8 cm³/mol. The summed E-state index contributed by atoms with van der Waals surface area (Å²) in [4.78, 5) is 1.67. The maximum atomic E-state index is 5.85. The van der Waals surface area contributed by atoms with E-state index in [2.05, 4.69) is 27.4 Å². The van der Waals surface area contributed by atoms with Crippen molar-refractivity contribution in [2.75, 3.05) is 20.3 Å². The third-order valence-corrected chi connectivity index (χ3v) is 4.54. The van der Waals surface area contributed by atoms with Crippen LogP contribution in [-0.2, 0) is 20.8 Å². The maximum Gasteiger partial charge on any atom is 0.0963 e. The molecule has 5 heteroatoms. The van der Waals surface area contributed by atoms with Gasteiger partial charge in [-0.3, -0.25) is 0 Å². The third kappa shape index (κ3) is 3.76. The molecule has 1 saturated carbocycles. The van der Waals surface area contributed by atoms with Crippen LogP contribution in [0.25, 0.3) is 0 Å². The number of thiophene rings is 1. The highest BCUT2D eigenvalue weighted by Gasteiger charge is 2.41. The first kappa shape index (κ1) is 13.5. The van der Waals surface area contributed by atoms with Crippen molar-refractivity contribution in [3.63, 3.8) is 0 Å². The number of alkyl halides is 1. The van der Waals surface area contributed by atoms with Crippen LogP contribution >= 0.6 is 27.3 Å². The molecule has 17 heavy (non-hydrogen) atoms. The minimum absolute atomic E-state index is 0.158. The number of rotatable bonds is 7. The first-order chi connectivity index (χ1) is 8.31. The Morgan fingerprint density at radius 3 is 2.94 bits per heavy atom. The van der Waals surface area contributed by atoms with Crippen LogP contribution in [-0.4, -0.2) is 37.4 Å². The van der Waals surface area contributed by atoms with E-state index in [1.54, 1.807) is 18.4 Å². The summed E-state index contributed by atoms with van der Waals surface area (Å²) < 4.78 is 16.5. The van der Waals surface area contributed by atoms with E-state index in [1.807, 2.05) is 6.07 Å². The SMILES string of the molecule is COCCOC1C(Br)CC1OCc1cccs1. The Hall–Kier alpha value is 0.0600. The van der Waals surface area contributed by atoms with Gasteiger partial charge in [0, 0.05) is 16.8 Å². The lowest BCUT2D eigenvalue weighted by Crippen LogP contribution is -2.51. The van der Waals surface area contributed by atoms with Crippen molar-refractivity contribution in [1.82, 2.24) is 0 Å². The summed E-state index contributed by atoms with van der Waals surface area (Å²) in [7, 11) is 1.68. The number of methoxy groups -OCH3 is 1. The second kappa shape index (κ2) is 6.85. The van der Waals surface area contributed by atoms with Crippen LogP contribution in [0.3, 0.4) is 0 Å². The molecule has 0 amide bonds. The Balaban J connectivity index is 1.69. The van der Waals surface area contributed by atoms with E-state index < -0.39 is 0 Å². The van der Waals surface area contributed by atoms with E-state index in [9.17, 15) is 0 Å². The molecule has 1 aromatic rings. The number of halogens is 1. The van der Waals surface area contributed by atoms with Gasteiger partial charge in [0.15, 0.2) is 0 Å². The lowest BCUT2D eigenvalue weighted by Gasteiger charge is -2.40. The highest BCUT2D eigenvalue weighted by Crippen LogP contribution is 2.34. The van der Waals surface area contributed by atoms with Gasteiger partial charge in [-0.1, -0.05) is 22.0 Å². The normalized spacial score (nSPS) is 28.0. The highest BCUT2D eigenvalue weighted by atomic mass is 79.9. The van der Waals surface area contributed by atoms with Gasteiger partial charge in [0.2, 0.25) is 0 Å². The molecule has 0 bridgehead atoms. The van der Waals surface area contributed by atoms with Gasteiger partial charge in [0.25, 0.3) is 0 Å². The molecule has 1 aliphatic carbocycles. The summed E-state index contributed by atoms with van der Waals surface area (Å²) in [5.74, 6) is 0. The number of ether oxygens (including phenoxy) is 3. The van der Waals surface area contributed by atoms with E-state index in [1.165, 1.54) is 4.88 Å². The summed E-state index contributed by atoms with van der Waals surface area (Å²) >= 11 is 5.32. The van der Waals surface area contributed by atoms with E-state index in [-0.39, 0.29) is 12.2 Å². The zero-order chi connectivity index (χ0) is 12.1. The Kier molecular flexibility index (Phi) is 5.44. The first-order valence-corrected chi connectivity index (χ1v) is 7.49. The fraction of sp³-hybridized carbons (Fsp3) is 0.667. The molecule has 3 unspecified atom stereocenters. The van der Waals surface area contributed by atoms with Gasteiger partial charge in [-0.05, 0) is 17.9 Å². The van der Waals surface area contributed by atoms with Crippen molar-refractivity contribution in [2.45, 2.75) is 30.1 Å². The number of hydrogen-bond acceptors (Lipinski definition) is 4. The quantitative estimate of drug-likeness (QED) is 0.571. The summed E-state index contributed by atoms with van der Waals surface area (Å²) in [6, 6.07) is 4.14. The predicted octanol–water partition coefficient (Wildman–Crippen LogP) is 2.83. The molecule has 1 heterocycles. The number of hydrogen-bond donors (Lipinski definition) is 0. The van der Waals surface area contributed by atoms with Gasteiger partial charge in [0.1, 0.15) is 0 Å². The van der Waals surface area contributed by atoms with Crippen LogP contribution in [0.15, 0.2) is 17.5 Å². The van der Waals surface area contributed by atoms with Crippen molar-refractivity contribution in [1.29, 1.82) is 0 Å². The zero-order valence-corrected chi connectivity index (χ0v) is 12.2. The van der Waals surface area contributed by atoms with Crippen LogP contribution in [0.5, 0.6) is 0 Å². The van der Waals surface area contributed by atoms with Crippen LogP contribution in [0.1, 0.15) is 11.3 Å². The summed E-state index contributed by atoms with van der Waals surface area (Å²) in [6.45, 7) is 1.95. The average molecular weight is 321 g/mol. The molecule has 0 radical (unpaired) electrons. The lowest BCUT2D eigenvalue weighted by molar-refractivity contribution is -0.131. The molecule has 0 saturated heterocycles. The van der Waals surface area contributed by atoms with E-state index in [4.69, 9.17) is 14.2 Å². The van der Waals surface area contributed by atoms with Crippen LogP contribution < -0.4 is 0 Å². The van der Waals surface area contributed by atoms with Gasteiger partial charge in [-0.2, -0.15) is 0 Å². The second-order valence-corrected chi connectivity index (χ2v) is 6.22. The van der Waals surface area contributed by atoms with Gasteiger partial charge in [0.05, 0.1) is 32.0 Å². The molecule has 96 valence electrons. The zero-order valence-electron chi connectivity index (χ0n) is 9.80. The van der Waals surface area contributed by atoms with Crippen molar-refractivity contribution < 1.29 is 14.2 Å². The summed E-state index contributed by atoms with van der Waals surface area (Å²) in [5, 5.41) is 2.07. The largest absolute Gasteiger partial charge is 0.382 e. The van der Waals surface area contributed by atoms with Crippen molar-refractivity contribution in [3.05, 3.63) is 22.4 Å². The van der Waals surface area contributed by atoms with E-state index >= 15 is 0 Å². The summed E-state index contributed by atoms with van der Waals surface area (Å²) in [5.41, 5.74) is 0. The Labute approximate surface area is 114 Å². The minimum atomic E-state index is 0.158. The van der Waals surface area contributed by atoms with Gasteiger partial charge < -0.3 is 14.2 Å². The average Bonchev–Trinajstić information content (AvgIpc) is 2.83. The first-order valence-electron chi connectivity index (χ1n) is 5.70. The molecule has 0 aromatic carbocycles. The molecular weight excluding hydrogens is 304 g/mol. The monoisotopic (exact) mass is 320 g/mol. The Morgan fingerprint density at radius 1 is 1.41 bits per heavy atom. The van der Waals surface area contributed by atoms with Gasteiger partial charge in [-0.25, -0.2) is 0 Å². The molecule has 3 nitrogen and oxygen atoms in total. The van der Waals surface area contributed by atoms with Crippen LogP contribution in [0.2, 0.25) is 0 Å². The van der Waals surface area contributed by atoms with Crippen molar-refractivity contribution >= 4 is 27.3 Å². The highest BCUT2D eigenvalue weighted by molar-refractivity contribution is 9.09. The standard InChI is InChI=1S/C12H17BrO3S/c1-14-4-5-15-12-10(13)7-11(12)16-8-9-3-2-6-17-9/h2-3,6,10-12H,4-5,7-8H2,1H3. The molecule has 0 spiro atoms. The van der Waals surface area contributed by atoms with Crippen LogP contribution in [0, 0.1) is 0 Å². The molecule has 0 aliphatic heterocycles.